The molecule has 3 atom stereocenters. The topological polar surface area (TPSA) is 44.7 Å². The number of ether oxygens (including phenoxy) is 1. The van der Waals surface area contributed by atoms with Gasteiger partial charge in [0.15, 0.2) is 0 Å². The van der Waals surface area contributed by atoms with E-state index in [-0.39, 0.29) is 12.7 Å². The van der Waals surface area contributed by atoms with Gasteiger partial charge in [-0.15, -0.1) is 0 Å². The van der Waals surface area contributed by atoms with Crippen LogP contribution in [-0.2, 0) is 4.74 Å². The van der Waals surface area contributed by atoms with Crippen molar-refractivity contribution in [3.05, 3.63) is 34.3 Å². The molecule has 0 aromatic heterocycles. The maximum absolute atomic E-state index is 9.26. The number of morpholine rings is 1. The Morgan fingerprint density at radius 2 is 2.33 bits per heavy atom. The molecule has 3 unspecified atom stereocenters. The largest absolute Gasteiger partial charge is 0.394 e. The standard InChI is InChI=1S/C16H25BrN2O2/c1-12-11-21-15(10-20)9-19(12)7-6-16(18-2)13-4-3-5-14(17)8-13/h3-5,8,12,15-16,18,20H,6-7,9-11H2,1-2H3. The van der Waals surface area contributed by atoms with Gasteiger partial charge in [0, 0.05) is 29.6 Å². The van der Waals surface area contributed by atoms with Crippen LogP contribution in [0.25, 0.3) is 0 Å². The summed E-state index contributed by atoms with van der Waals surface area (Å²) in [5.41, 5.74) is 1.30. The monoisotopic (exact) mass is 356 g/mol. The van der Waals surface area contributed by atoms with Crippen molar-refractivity contribution >= 4 is 15.9 Å². The minimum atomic E-state index is -0.0416. The third-order valence-corrected chi connectivity index (χ3v) is 4.64. The lowest BCUT2D eigenvalue weighted by molar-refractivity contribution is -0.0783. The Morgan fingerprint density at radius 1 is 1.52 bits per heavy atom. The van der Waals surface area contributed by atoms with Gasteiger partial charge in [-0.2, -0.15) is 0 Å². The van der Waals surface area contributed by atoms with Crippen LogP contribution in [0.15, 0.2) is 28.7 Å². The smallest absolute Gasteiger partial charge is 0.0933 e. The summed E-state index contributed by atoms with van der Waals surface area (Å²) in [6, 6.07) is 9.19. The number of aliphatic hydroxyl groups is 1. The summed E-state index contributed by atoms with van der Waals surface area (Å²) in [5, 5.41) is 12.7. The van der Waals surface area contributed by atoms with Crippen LogP contribution in [0.4, 0.5) is 0 Å². The van der Waals surface area contributed by atoms with Gasteiger partial charge in [0.2, 0.25) is 0 Å². The molecule has 4 nitrogen and oxygen atoms in total. The summed E-state index contributed by atoms with van der Waals surface area (Å²) in [7, 11) is 2.00. The number of halogens is 1. The van der Waals surface area contributed by atoms with Crippen LogP contribution in [0.5, 0.6) is 0 Å². The molecule has 1 saturated heterocycles. The second-order valence-corrected chi connectivity index (χ2v) is 6.58. The Balaban J connectivity index is 1.93. The molecule has 1 aliphatic heterocycles. The molecule has 1 heterocycles. The summed E-state index contributed by atoms with van der Waals surface area (Å²) in [5.74, 6) is 0. The van der Waals surface area contributed by atoms with Crippen molar-refractivity contribution in [2.45, 2.75) is 31.5 Å². The lowest BCUT2D eigenvalue weighted by Gasteiger charge is -2.38. The number of rotatable bonds is 6. The second kappa shape index (κ2) is 8.25. The quantitative estimate of drug-likeness (QED) is 0.819. The van der Waals surface area contributed by atoms with E-state index >= 15 is 0 Å². The first-order chi connectivity index (χ1) is 10.1. The number of hydrogen-bond donors (Lipinski definition) is 2. The predicted molar refractivity (Wildman–Crippen MR) is 88.4 cm³/mol. The van der Waals surface area contributed by atoms with Crippen molar-refractivity contribution in [2.75, 3.05) is 33.4 Å². The highest BCUT2D eigenvalue weighted by Gasteiger charge is 2.25. The first-order valence-corrected chi connectivity index (χ1v) is 8.32. The number of benzene rings is 1. The van der Waals surface area contributed by atoms with Gasteiger partial charge in [0.25, 0.3) is 0 Å². The fraction of sp³-hybridized carbons (Fsp3) is 0.625. The summed E-state index contributed by atoms with van der Waals surface area (Å²) in [6.07, 6.45) is 0.996. The maximum atomic E-state index is 9.26. The van der Waals surface area contributed by atoms with Gasteiger partial charge in [-0.3, -0.25) is 4.90 Å². The van der Waals surface area contributed by atoms with E-state index < -0.39 is 0 Å². The molecule has 1 aromatic carbocycles. The summed E-state index contributed by atoms with van der Waals surface area (Å²) < 4.78 is 6.70. The molecule has 5 heteroatoms. The van der Waals surface area contributed by atoms with Crippen molar-refractivity contribution in [3.8, 4) is 0 Å². The molecule has 21 heavy (non-hydrogen) atoms. The first kappa shape index (κ1) is 16.9. The van der Waals surface area contributed by atoms with Crippen LogP contribution in [0, 0.1) is 0 Å². The van der Waals surface area contributed by atoms with Gasteiger partial charge in [0.1, 0.15) is 0 Å². The third kappa shape index (κ3) is 4.76. The Labute approximate surface area is 135 Å². The van der Waals surface area contributed by atoms with Crippen LogP contribution in [0.1, 0.15) is 24.9 Å². The maximum Gasteiger partial charge on any atom is 0.0933 e. The van der Waals surface area contributed by atoms with Gasteiger partial charge in [-0.1, -0.05) is 28.1 Å². The molecule has 0 radical (unpaired) electrons. The van der Waals surface area contributed by atoms with Gasteiger partial charge in [-0.05, 0) is 38.1 Å². The molecular weight excluding hydrogens is 332 g/mol. The number of nitrogens with one attached hydrogen (secondary N) is 1. The van der Waals surface area contributed by atoms with E-state index in [4.69, 9.17) is 4.74 Å². The molecule has 1 aliphatic rings. The van der Waals surface area contributed by atoms with E-state index in [0.717, 1.165) is 24.0 Å². The van der Waals surface area contributed by atoms with E-state index in [1.54, 1.807) is 0 Å². The van der Waals surface area contributed by atoms with Crippen LogP contribution in [0.2, 0.25) is 0 Å². The zero-order chi connectivity index (χ0) is 15.2. The zero-order valence-electron chi connectivity index (χ0n) is 12.8. The van der Waals surface area contributed by atoms with E-state index in [1.807, 2.05) is 13.1 Å². The molecule has 2 N–H and O–H groups in total. The van der Waals surface area contributed by atoms with E-state index in [0.29, 0.717) is 18.7 Å². The Bertz CT molecular complexity index is 444. The van der Waals surface area contributed by atoms with Crippen molar-refractivity contribution in [1.29, 1.82) is 0 Å². The molecule has 0 saturated carbocycles. The van der Waals surface area contributed by atoms with Crippen LogP contribution in [0.3, 0.4) is 0 Å². The highest BCUT2D eigenvalue weighted by atomic mass is 79.9. The summed E-state index contributed by atoms with van der Waals surface area (Å²) >= 11 is 3.53. The van der Waals surface area contributed by atoms with Crippen LogP contribution >= 0.6 is 15.9 Å². The minimum absolute atomic E-state index is 0.0416. The average Bonchev–Trinajstić information content (AvgIpc) is 2.49. The molecule has 2 rings (SSSR count). The molecule has 0 aliphatic carbocycles. The van der Waals surface area contributed by atoms with Crippen molar-refractivity contribution in [3.63, 3.8) is 0 Å². The molecule has 0 spiro atoms. The van der Waals surface area contributed by atoms with Gasteiger partial charge < -0.3 is 15.2 Å². The fourth-order valence-corrected chi connectivity index (χ4v) is 3.21. The van der Waals surface area contributed by atoms with Gasteiger partial charge in [0.05, 0.1) is 19.3 Å². The summed E-state index contributed by atoms with van der Waals surface area (Å²) in [6.45, 7) is 4.79. The molecule has 0 amide bonds. The SMILES string of the molecule is CNC(CCN1CC(CO)OCC1C)c1cccc(Br)c1. The Morgan fingerprint density at radius 3 is 3.00 bits per heavy atom. The predicted octanol–water partition coefficient (Wildman–Crippen LogP) is 2.18. The fourth-order valence-electron chi connectivity index (χ4n) is 2.79. The summed E-state index contributed by atoms with van der Waals surface area (Å²) in [4.78, 5) is 2.41. The number of hydrogen-bond acceptors (Lipinski definition) is 4. The van der Waals surface area contributed by atoms with Crippen molar-refractivity contribution in [1.82, 2.24) is 10.2 Å². The molecular formula is C16H25BrN2O2. The Kier molecular flexibility index (Phi) is 6.64. The normalized spacial score (nSPS) is 25.0. The van der Waals surface area contributed by atoms with Gasteiger partial charge in [-0.25, -0.2) is 0 Å². The lowest BCUT2D eigenvalue weighted by Crippen LogP contribution is -2.50. The Hall–Kier alpha value is -0.460. The molecule has 0 bridgehead atoms. The first-order valence-electron chi connectivity index (χ1n) is 7.53. The van der Waals surface area contributed by atoms with Crippen LogP contribution < -0.4 is 5.32 Å². The van der Waals surface area contributed by atoms with E-state index in [9.17, 15) is 5.11 Å². The highest BCUT2D eigenvalue weighted by Crippen LogP contribution is 2.22. The van der Waals surface area contributed by atoms with Crippen molar-refractivity contribution in [2.24, 2.45) is 0 Å². The minimum Gasteiger partial charge on any atom is -0.394 e. The van der Waals surface area contributed by atoms with E-state index in [2.05, 4.69) is 51.3 Å². The average molecular weight is 357 g/mol. The van der Waals surface area contributed by atoms with Crippen LogP contribution in [-0.4, -0.2) is 55.5 Å². The number of nitrogens with zero attached hydrogens (tertiary/aromatic N) is 1. The zero-order valence-corrected chi connectivity index (χ0v) is 14.3. The lowest BCUT2D eigenvalue weighted by atomic mass is 10.0. The third-order valence-electron chi connectivity index (χ3n) is 4.14. The molecule has 1 fully saturated rings. The van der Waals surface area contributed by atoms with Gasteiger partial charge >= 0.3 is 0 Å². The second-order valence-electron chi connectivity index (χ2n) is 5.67. The molecule has 1 aromatic rings. The highest BCUT2D eigenvalue weighted by molar-refractivity contribution is 9.10. The van der Waals surface area contributed by atoms with Crippen molar-refractivity contribution < 1.29 is 9.84 Å². The molecule has 118 valence electrons. The van der Waals surface area contributed by atoms with E-state index in [1.165, 1.54) is 5.56 Å². The number of aliphatic hydroxyl groups excluding tert-OH is 1.